The highest BCUT2D eigenvalue weighted by Gasteiger charge is 2.14. The Balaban J connectivity index is 1.82. The average Bonchev–Trinajstić information content (AvgIpc) is 2.74. The molecular weight excluding hydrogens is 410 g/mol. The molecule has 156 valence electrons. The fourth-order valence-electron chi connectivity index (χ4n) is 3.19. The molecule has 0 unspecified atom stereocenters. The smallest absolute Gasteiger partial charge is 0.262 e. The Kier molecular flexibility index (Phi) is 5.87. The molecule has 4 rings (SSSR count). The highest BCUT2D eigenvalue weighted by atomic mass is 35.5. The number of hydrogen-bond donors (Lipinski definition) is 1. The van der Waals surface area contributed by atoms with Gasteiger partial charge < -0.3 is 9.73 Å². The first-order valence-corrected chi connectivity index (χ1v) is 10.4. The third-order valence-electron chi connectivity index (χ3n) is 4.87. The molecule has 0 saturated carbocycles. The molecule has 0 atom stereocenters. The highest BCUT2D eigenvalue weighted by molar-refractivity contribution is 6.31. The number of nitrogens with one attached hydrogen (secondary N) is 1. The molecule has 0 bridgehead atoms. The molecule has 0 aliphatic rings. The maximum Gasteiger partial charge on any atom is 0.262 e. The van der Waals surface area contributed by atoms with Crippen molar-refractivity contribution in [2.45, 2.75) is 26.7 Å². The van der Waals surface area contributed by atoms with Crippen molar-refractivity contribution in [3.8, 4) is 0 Å². The number of rotatable bonds is 4. The second-order valence-corrected chi connectivity index (χ2v) is 8.06. The lowest BCUT2D eigenvalue weighted by Crippen LogP contribution is -2.22. The molecule has 0 aliphatic carbocycles. The number of aromatic nitrogens is 1. The van der Waals surface area contributed by atoms with Crippen LogP contribution in [-0.2, 0) is 0 Å². The topological polar surface area (TPSA) is 67.5 Å². The van der Waals surface area contributed by atoms with Crippen LogP contribution in [0.15, 0.2) is 76.1 Å². The predicted octanol–water partition coefficient (Wildman–Crippen LogP) is 6.40. The lowest BCUT2D eigenvalue weighted by molar-refractivity contribution is 0.102. The molecule has 0 radical (unpaired) electrons. The molecule has 2 heterocycles. The van der Waals surface area contributed by atoms with Gasteiger partial charge in [-0.1, -0.05) is 43.6 Å². The zero-order valence-corrected chi connectivity index (χ0v) is 18.3. The third kappa shape index (κ3) is 4.84. The summed E-state index contributed by atoms with van der Waals surface area (Å²) in [5.74, 6) is 0.525. The van der Waals surface area contributed by atoms with Crippen molar-refractivity contribution in [3.05, 3.63) is 94.1 Å². The number of carbonyl (C=O) groups excluding carboxylic acids is 1. The van der Waals surface area contributed by atoms with Crippen LogP contribution < -0.4 is 10.9 Å². The number of anilines is 1. The van der Waals surface area contributed by atoms with Gasteiger partial charge in [0.05, 0.1) is 5.69 Å². The van der Waals surface area contributed by atoms with Crippen molar-refractivity contribution in [2.75, 3.05) is 5.32 Å². The van der Waals surface area contributed by atoms with E-state index in [1.165, 1.54) is 5.56 Å². The van der Waals surface area contributed by atoms with Crippen LogP contribution in [0.2, 0.25) is 5.02 Å². The van der Waals surface area contributed by atoms with E-state index in [4.69, 9.17) is 16.0 Å². The lowest BCUT2D eigenvalue weighted by Gasteiger charge is -2.08. The molecule has 1 amide bonds. The van der Waals surface area contributed by atoms with Gasteiger partial charge in [0.15, 0.2) is 0 Å². The van der Waals surface area contributed by atoms with Crippen LogP contribution in [0.5, 0.6) is 0 Å². The van der Waals surface area contributed by atoms with Gasteiger partial charge in [0.2, 0.25) is 5.55 Å². The molecule has 0 spiro atoms. The maximum absolute atomic E-state index is 13.1. The molecule has 6 heteroatoms. The largest absolute Gasteiger partial charge is 0.438 e. The summed E-state index contributed by atoms with van der Waals surface area (Å²) < 4.78 is 6.01. The number of amides is 1. The first kappa shape index (κ1) is 20.8. The predicted molar refractivity (Wildman–Crippen MR) is 124 cm³/mol. The van der Waals surface area contributed by atoms with E-state index >= 15 is 0 Å². The molecule has 5 nitrogen and oxygen atoms in total. The first-order chi connectivity index (χ1) is 14.9. The molecule has 1 N–H and O–H groups in total. The van der Waals surface area contributed by atoms with Crippen LogP contribution in [0.4, 0.5) is 11.5 Å². The minimum atomic E-state index is -0.360. The third-order valence-corrected chi connectivity index (χ3v) is 5.11. The van der Waals surface area contributed by atoms with Gasteiger partial charge in [-0.3, -0.25) is 4.79 Å². The minimum Gasteiger partial charge on any atom is -0.438 e. The number of fused-ring (bicyclic) bond motifs is 1. The lowest BCUT2D eigenvalue weighted by atomic mass is 10.0. The molecule has 2 aromatic carbocycles. The number of nitrogens with zero attached hydrogens (tertiary/aromatic N) is 2. The SMILES string of the molecule is Cc1cccc(NC(=O)c2cc3cc(Cl)ccc3oc2=Nc2ccc(C(C)C)cc2)n1. The number of halogens is 1. The Hall–Kier alpha value is -3.44. The van der Waals surface area contributed by atoms with Crippen molar-refractivity contribution in [3.63, 3.8) is 0 Å². The summed E-state index contributed by atoms with van der Waals surface area (Å²) in [5, 5.41) is 4.10. The van der Waals surface area contributed by atoms with Gasteiger partial charge in [0, 0.05) is 16.1 Å². The summed E-state index contributed by atoms with van der Waals surface area (Å²) in [5.41, 5.74) is 3.83. The fourth-order valence-corrected chi connectivity index (χ4v) is 3.38. The van der Waals surface area contributed by atoms with Gasteiger partial charge in [0.25, 0.3) is 5.91 Å². The average molecular weight is 432 g/mol. The van der Waals surface area contributed by atoms with Gasteiger partial charge in [-0.05, 0) is 66.9 Å². The number of carbonyl (C=O) groups is 1. The van der Waals surface area contributed by atoms with Gasteiger partial charge in [-0.15, -0.1) is 0 Å². The molecule has 2 aromatic heterocycles. The van der Waals surface area contributed by atoms with Crippen LogP contribution in [0, 0.1) is 6.92 Å². The Morgan fingerprint density at radius 1 is 1.06 bits per heavy atom. The van der Waals surface area contributed by atoms with Crippen molar-refractivity contribution in [1.82, 2.24) is 4.98 Å². The zero-order valence-electron chi connectivity index (χ0n) is 17.5. The number of pyridine rings is 1. The van der Waals surface area contributed by atoms with E-state index < -0.39 is 0 Å². The van der Waals surface area contributed by atoms with E-state index in [-0.39, 0.29) is 11.5 Å². The quantitative estimate of drug-likeness (QED) is 0.406. The summed E-state index contributed by atoms with van der Waals surface area (Å²) in [6, 6.07) is 20.3. The zero-order chi connectivity index (χ0) is 22.0. The summed E-state index contributed by atoms with van der Waals surface area (Å²) in [7, 11) is 0. The van der Waals surface area contributed by atoms with E-state index in [0.717, 1.165) is 5.69 Å². The van der Waals surface area contributed by atoms with Crippen molar-refractivity contribution >= 4 is 40.0 Å². The Morgan fingerprint density at radius 3 is 2.55 bits per heavy atom. The summed E-state index contributed by atoms with van der Waals surface area (Å²) in [4.78, 5) is 22.1. The molecule has 0 saturated heterocycles. The van der Waals surface area contributed by atoms with Gasteiger partial charge in [-0.25, -0.2) is 9.98 Å². The number of hydrogen-bond acceptors (Lipinski definition) is 4. The first-order valence-electron chi connectivity index (χ1n) is 10.0. The summed E-state index contributed by atoms with van der Waals surface area (Å²) >= 11 is 6.13. The highest BCUT2D eigenvalue weighted by Crippen LogP contribution is 2.21. The van der Waals surface area contributed by atoms with E-state index in [9.17, 15) is 4.79 Å². The summed E-state index contributed by atoms with van der Waals surface area (Å²) in [6.45, 7) is 6.14. The molecule has 4 aromatic rings. The van der Waals surface area contributed by atoms with E-state index in [2.05, 4.69) is 29.1 Å². The fraction of sp³-hybridized carbons (Fsp3) is 0.160. The molecule has 0 fully saturated rings. The van der Waals surface area contributed by atoms with Crippen LogP contribution in [0.25, 0.3) is 11.0 Å². The Bertz CT molecular complexity index is 1320. The second kappa shape index (κ2) is 8.74. The van der Waals surface area contributed by atoms with E-state index in [1.54, 1.807) is 30.3 Å². The van der Waals surface area contributed by atoms with Crippen LogP contribution in [0.3, 0.4) is 0 Å². The van der Waals surface area contributed by atoms with Crippen LogP contribution >= 0.6 is 11.6 Å². The van der Waals surface area contributed by atoms with Gasteiger partial charge in [0.1, 0.15) is 17.0 Å². The second-order valence-electron chi connectivity index (χ2n) is 7.62. The number of benzene rings is 2. The van der Waals surface area contributed by atoms with Crippen molar-refractivity contribution in [1.29, 1.82) is 0 Å². The normalized spacial score (nSPS) is 11.8. The van der Waals surface area contributed by atoms with E-state index in [1.807, 2.05) is 43.3 Å². The molecule has 0 aliphatic heterocycles. The van der Waals surface area contributed by atoms with Crippen LogP contribution in [0.1, 0.15) is 41.4 Å². The van der Waals surface area contributed by atoms with Crippen molar-refractivity contribution in [2.24, 2.45) is 4.99 Å². The van der Waals surface area contributed by atoms with Gasteiger partial charge >= 0.3 is 0 Å². The standard InChI is InChI=1S/C25H22ClN3O2/c1-15(2)17-7-10-20(11-8-17)28-25-21(14-18-13-19(26)9-12-22(18)31-25)24(30)29-23-6-4-5-16(3)27-23/h4-15H,1-3H3,(H,27,29,30). The molecular formula is C25H22ClN3O2. The Labute approximate surface area is 185 Å². The van der Waals surface area contributed by atoms with E-state index in [0.29, 0.717) is 39.0 Å². The molecule has 31 heavy (non-hydrogen) atoms. The minimum absolute atomic E-state index is 0.220. The monoisotopic (exact) mass is 431 g/mol. The summed E-state index contributed by atoms with van der Waals surface area (Å²) in [6.07, 6.45) is 0. The Morgan fingerprint density at radius 2 is 1.84 bits per heavy atom. The number of aryl methyl sites for hydroxylation is 1. The van der Waals surface area contributed by atoms with Crippen molar-refractivity contribution < 1.29 is 9.21 Å². The van der Waals surface area contributed by atoms with Gasteiger partial charge in [-0.2, -0.15) is 0 Å². The van der Waals surface area contributed by atoms with Crippen LogP contribution in [-0.4, -0.2) is 10.9 Å². The maximum atomic E-state index is 13.1.